The van der Waals surface area contributed by atoms with Gasteiger partial charge in [0.2, 0.25) is 0 Å². The summed E-state index contributed by atoms with van der Waals surface area (Å²) in [5, 5.41) is 3.44. The van der Waals surface area contributed by atoms with Gasteiger partial charge in [0, 0.05) is 19.1 Å². The molecule has 0 saturated heterocycles. The van der Waals surface area contributed by atoms with Gasteiger partial charge in [0.15, 0.2) is 0 Å². The first-order valence-electron chi connectivity index (χ1n) is 7.26. The minimum Gasteiger partial charge on any atom is -0.306 e. The number of rotatable bonds is 6. The summed E-state index contributed by atoms with van der Waals surface area (Å²) in [6.45, 7) is 3.77. The van der Waals surface area contributed by atoms with Crippen molar-refractivity contribution in [3.63, 3.8) is 0 Å². The fraction of sp³-hybridized carbons (Fsp3) is 0.333. The molecule has 0 fully saturated rings. The molecule has 0 radical (unpaired) electrons. The second kappa shape index (κ2) is 7.34. The Labute approximate surface area is 126 Å². The van der Waals surface area contributed by atoms with E-state index in [0.29, 0.717) is 0 Å². The summed E-state index contributed by atoms with van der Waals surface area (Å²) in [6, 6.07) is 15.4. The van der Waals surface area contributed by atoms with Crippen molar-refractivity contribution in [3.05, 3.63) is 71.0 Å². The highest BCUT2D eigenvalue weighted by molar-refractivity contribution is 5.24. The van der Waals surface area contributed by atoms with Crippen LogP contribution in [0.15, 0.2) is 48.5 Å². The molecule has 0 aliphatic rings. The normalized spacial score (nSPS) is 12.6. The largest absolute Gasteiger partial charge is 0.306 e. The molecule has 0 aliphatic heterocycles. The van der Waals surface area contributed by atoms with Crippen LogP contribution < -0.4 is 5.32 Å². The van der Waals surface area contributed by atoms with Crippen LogP contribution in [0.5, 0.6) is 0 Å². The van der Waals surface area contributed by atoms with Gasteiger partial charge in [-0.25, -0.2) is 4.39 Å². The Kier molecular flexibility index (Phi) is 5.48. The van der Waals surface area contributed by atoms with Crippen LogP contribution in [-0.4, -0.2) is 19.0 Å². The fourth-order valence-corrected chi connectivity index (χ4v) is 2.37. The van der Waals surface area contributed by atoms with Crippen molar-refractivity contribution in [1.82, 2.24) is 10.2 Å². The third-order valence-electron chi connectivity index (χ3n) is 3.45. The quantitative estimate of drug-likeness (QED) is 0.870. The van der Waals surface area contributed by atoms with Gasteiger partial charge in [0.25, 0.3) is 0 Å². The third kappa shape index (κ3) is 4.96. The Balaban J connectivity index is 1.96. The first-order valence-corrected chi connectivity index (χ1v) is 7.26. The molecule has 3 heteroatoms. The number of nitrogens with zero attached hydrogens (tertiary/aromatic N) is 1. The summed E-state index contributed by atoms with van der Waals surface area (Å²) in [6.07, 6.45) is 0. The van der Waals surface area contributed by atoms with Gasteiger partial charge in [-0.15, -0.1) is 0 Å². The molecule has 0 amide bonds. The minimum absolute atomic E-state index is 0.123. The topological polar surface area (TPSA) is 15.3 Å². The van der Waals surface area contributed by atoms with E-state index in [1.54, 1.807) is 12.1 Å². The molecular weight excluding hydrogens is 263 g/mol. The molecule has 0 aromatic heterocycles. The van der Waals surface area contributed by atoms with Gasteiger partial charge in [0.1, 0.15) is 5.82 Å². The van der Waals surface area contributed by atoms with E-state index in [9.17, 15) is 4.39 Å². The van der Waals surface area contributed by atoms with Gasteiger partial charge < -0.3 is 10.2 Å². The molecule has 0 saturated carbocycles. The SMILES string of the molecule is CC(NCc1cccc(CN(C)C)c1)c1cccc(F)c1. The van der Waals surface area contributed by atoms with Crippen molar-refractivity contribution in [2.45, 2.75) is 26.1 Å². The second-order valence-electron chi connectivity index (χ2n) is 5.72. The molecule has 0 bridgehead atoms. The molecule has 1 N–H and O–H groups in total. The van der Waals surface area contributed by atoms with Crippen LogP contribution in [0.4, 0.5) is 4.39 Å². The standard InChI is InChI=1S/C18H23FN2/c1-14(17-8-5-9-18(19)11-17)20-12-15-6-4-7-16(10-15)13-21(2)3/h4-11,14,20H,12-13H2,1-3H3. The predicted molar refractivity (Wildman–Crippen MR) is 85.5 cm³/mol. The van der Waals surface area contributed by atoms with Crippen LogP contribution in [-0.2, 0) is 13.1 Å². The Morgan fingerprint density at radius 1 is 1.05 bits per heavy atom. The van der Waals surface area contributed by atoms with Crippen molar-refractivity contribution < 1.29 is 4.39 Å². The molecule has 0 spiro atoms. The highest BCUT2D eigenvalue weighted by Crippen LogP contribution is 2.15. The van der Waals surface area contributed by atoms with E-state index in [-0.39, 0.29) is 11.9 Å². The monoisotopic (exact) mass is 286 g/mol. The molecule has 112 valence electrons. The van der Waals surface area contributed by atoms with Crippen LogP contribution >= 0.6 is 0 Å². The number of nitrogens with one attached hydrogen (secondary N) is 1. The van der Waals surface area contributed by atoms with E-state index < -0.39 is 0 Å². The molecule has 21 heavy (non-hydrogen) atoms. The van der Waals surface area contributed by atoms with E-state index in [1.807, 2.05) is 6.07 Å². The van der Waals surface area contributed by atoms with E-state index in [1.165, 1.54) is 17.2 Å². The van der Waals surface area contributed by atoms with Crippen LogP contribution in [0.1, 0.15) is 29.7 Å². The van der Waals surface area contributed by atoms with Crippen molar-refractivity contribution >= 4 is 0 Å². The molecule has 2 aromatic rings. The zero-order valence-electron chi connectivity index (χ0n) is 12.9. The first-order chi connectivity index (χ1) is 10.0. The number of hydrogen-bond acceptors (Lipinski definition) is 2. The maximum Gasteiger partial charge on any atom is 0.123 e. The molecule has 1 unspecified atom stereocenters. The molecule has 0 aliphatic carbocycles. The lowest BCUT2D eigenvalue weighted by molar-refractivity contribution is 0.402. The summed E-state index contributed by atoms with van der Waals surface area (Å²) in [5.74, 6) is -0.186. The number of halogens is 1. The molecule has 0 heterocycles. The summed E-state index contributed by atoms with van der Waals surface area (Å²) < 4.78 is 13.2. The Hall–Kier alpha value is -1.71. The van der Waals surface area contributed by atoms with Crippen molar-refractivity contribution in [2.24, 2.45) is 0 Å². The van der Waals surface area contributed by atoms with Crippen molar-refractivity contribution in [2.75, 3.05) is 14.1 Å². The van der Waals surface area contributed by atoms with Gasteiger partial charge >= 0.3 is 0 Å². The average Bonchev–Trinajstić information content (AvgIpc) is 2.44. The van der Waals surface area contributed by atoms with Crippen molar-refractivity contribution in [1.29, 1.82) is 0 Å². The predicted octanol–water partition coefficient (Wildman–Crippen LogP) is 3.74. The molecule has 2 rings (SSSR count). The summed E-state index contributed by atoms with van der Waals surface area (Å²) >= 11 is 0. The molecule has 2 nitrogen and oxygen atoms in total. The Morgan fingerprint density at radius 2 is 1.76 bits per heavy atom. The fourth-order valence-electron chi connectivity index (χ4n) is 2.37. The van der Waals surface area contributed by atoms with E-state index in [2.05, 4.69) is 55.5 Å². The zero-order valence-corrected chi connectivity index (χ0v) is 12.9. The average molecular weight is 286 g/mol. The van der Waals surface area contributed by atoms with Crippen LogP contribution in [0.3, 0.4) is 0 Å². The molecular formula is C18H23FN2. The van der Waals surface area contributed by atoms with Crippen molar-refractivity contribution in [3.8, 4) is 0 Å². The minimum atomic E-state index is -0.186. The van der Waals surface area contributed by atoms with Crippen LogP contribution in [0.2, 0.25) is 0 Å². The summed E-state index contributed by atoms with van der Waals surface area (Å²) in [4.78, 5) is 2.15. The van der Waals surface area contributed by atoms with Gasteiger partial charge in [-0.1, -0.05) is 36.4 Å². The smallest absolute Gasteiger partial charge is 0.123 e. The number of benzene rings is 2. The number of hydrogen-bond donors (Lipinski definition) is 1. The maximum absolute atomic E-state index is 13.2. The van der Waals surface area contributed by atoms with Crippen LogP contribution in [0, 0.1) is 5.82 Å². The lowest BCUT2D eigenvalue weighted by Crippen LogP contribution is -2.18. The molecule has 2 aromatic carbocycles. The van der Waals surface area contributed by atoms with E-state index in [4.69, 9.17) is 0 Å². The van der Waals surface area contributed by atoms with Gasteiger partial charge in [-0.05, 0) is 49.8 Å². The molecule has 1 atom stereocenters. The van der Waals surface area contributed by atoms with Gasteiger partial charge in [-0.3, -0.25) is 0 Å². The van der Waals surface area contributed by atoms with Gasteiger partial charge in [0.05, 0.1) is 0 Å². The maximum atomic E-state index is 13.2. The zero-order chi connectivity index (χ0) is 15.2. The van der Waals surface area contributed by atoms with Crippen LogP contribution in [0.25, 0.3) is 0 Å². The Morgan fingerprint density at radius 3 is 2.48 bits per heavy atom. The summed E-state index contributed by atoms with van der Waals surface area (Å²) in [5.41, 5.74) is 3.52. The lowest BCUT2D eigenvalue weighted by atomic mass is 10.1. The van der Waals surface area contributed by atoms with Gasteiger partial charge in [-0.2, -0.15) is 0 Å². The third-order valence-corrected chi connectivity index (χ3v) is 3.45. The Bertz CT molecular complexity index is 581. The van der Waals surface area contributed by atoms with E-state index >= 15 is 0 Å². The van der Waals surface area contributed by atoms with E-state index in [0.717, 1.165) is 18.7 Å². The highest BCUT2D eigenvalue weighted by atomic mass is 19.1. The second-order valence-corrected chi connectivity index (χ2v) is 5.72. The highest BCUT2D eigenvalue weighted by Gasteiger charge is 2.06. The summed E-state index contributed by atoms with van der Waals surface area (Å²) in [7, 11) is 4.13. The first kappa shape index (κ1) is 15.7. The lowest BCUT2D eigenvalue weighted by Gasteiger charge is -2.15.